The zero-order valence-electron chi connectivity index (χ0n) is 13.2. The Balaban J connectivity index is 1.85. The molecule has 1 unspecified atom stereocenters. The number of thiocarbonyl (C=S) groups is 1. The van der Waals surface area contributed by atoms with Crippen LogP contribution in [0.2, 0.25) is 0 Å². The monoisotopic (exact) mass is 320 g/mol. The second-order valence-electron chi connectivity index (χ2n) is 5.77. The van der Waals surface area contributed by atoms with Gasteiger partial charge in [-0.2, -0.15) is 0 Å². The molecule has 5 heteroatoms. The Labute approximate surface area is 137 Å². The molecule has 22 heavy (non-hydrogen) atoms. The van der Waals surface area contributed by atoms with Gasteiger partial charge in [0, 0.05) is 11.6 Å². The standard InChI is InChI=1S/C17H24N2O2S/c1-3-12(2)21-15-10-8-13(9-11-15)16(20)19-17(22)18-14-6-4-5-7-14/h8-12,14H,3-7H2,1-2H3,(H2,18,19,20,22). The van der Waals surface area contributed by atoms with E-state index in [0.717, 1.165) is 25.0 Å². The molecule has 0 heterocycles. The molecule has 1 aliphatic carbocycles. The van der Waals surface area contributed by atoms with Gasteiger partial charge in [-0.05, 0) is 62.7 Å². The fourth-order valence-electron chi connectivity index (χ4n) is 2.47. The van der Waals surface area contributed by atoms with Crippen LogP contribution in [0.25, 0.3) is 0 Å². The number of nitrogens with one attached hydrogen (secondary N) is 2. The van der Waals surface area contributed by atoms with Crippen LogP contribution in [0.15, 0.2) is 24.3 Å². The molecule has 1 atom stereocenters. The van der Waals surface area contributed by atoms with Crippen molar-refractivity contribution in [2.75, 3.05) is 0 Å². The molecule has 0 saturated heterocycles. The van der Waals surface area contributed by atoms with Gasteiger partial charge in [0.1, 0.15) is 5.75 Å². The zero-order valence-corrected chi connectivity index (χ0v) is 14.0. The van der Waals surface area contributed by atoms with Crippen LogP contribution in [0.3, 0.4) is 0 Å². The highest BCUT2D eigenvalue weighted by Crippen LogP contribution is 2.17. The van der Waals surface area contributed by atoms with E-state index in [9.17, 15) is 4.79 Å². The van der Waals surface area contributed by atoms with Crippen molar-refractivity contribution in [1.29, 1.82) is 0 Å². The Morgan fingerprint density at radius 1 is 1.32 bits per heavy atom. The van der Waals surface area contributed by atoms with Gasteiger partial charge in [0.05, 0.1) is 6.10 Å². The van der Waals surface area contributed by atoms with E-state index in [0.29, 0.717) is 16.7 Å². The molecule has 1 aromatic rings. The third-order valence-electron chi connectivity index (χ3n) is 3.95. The van der Waals surface area contributed by atoms with Gasteiger partial charge >= 0.3 is 0 Å². The predicted octanol–water partition coefficient (Wildman–Crippen LogP) is 3.41. The summed E-state index contributed by atoms with van der Waals surface area (Å²) in [4.78, 5) is 12.1. The summed E-state index contributed by atoms with van der Waals surface area (Å²) in [7, 11) is 0. The van der Waals surface area contributed by atoms with Crippen molar-refractivity contribution in [2.24, 2.45) is 0 Å². The summed E-state index contributed by atoms with van der Waals surface area (Å²) in [6, 6.07) is 7.54. The first-order valence-corrected chi connectivity index (χ1v) is 8.38. The Hall–Kier alpha value is -1.62. The Morgan fingerprint density at radius 3 is 2.55 bits per heavy atom. The topological polar surface area (TPSA) is 50.4 Å². The molecule has 4 nitrogen and oxygen atoms in total. The van der Waals surface area contributed by atoms with Gasteiger partial charge in [-0.15, -0.1) is 0 Å². The van der Waals surface area contributed by atoms with E-state index in [-0.39, 0.29) is 12.0 Å². The van der Waals surface area contributed by atoms with Crippen molar-refractivity contribution in [3.63, 3.8) is 0 Å². The molecule has 120 valence electrons. The molecule has 2 N–H and O–H groups in total. The minimum absolute atomic E-state index is 0.169. The lowest BCUT2D eigenvalue weighted by Gasteiger charge is -2.15. The summed E-state index contributed by atoms with van der Waals surface area (Å²) in [5, 5.41) is 6.35. The number of carbonyl (C=O) groups excluding carboxylic acids is 1. The van der Waals surface area contributed by atoms with Crippen LogP contribution in [0.1, 0.15) is 56.3 Å². The maximum Gasteiger partial charge on any atom is 0.257 e. The van der Waals surface area contributed by atoms with Crippen LogP contribution in [-0.2, 0) is 0 Å². The number of hydrogen-bond donors (Lipinski definition) is 2. The molecule has 2 rings (SSSR count). The molecule has 1 fully saturated rings. The molecule has 0 radical (unpaired) electrons. The molecular weight excluding hydrogens is 296 g/mol. The average Bonchev–Trinajstić information content (AvgIpc) is 3.00. The van der Waals surface area contributed by atoms with Crippen molar-refractivity contribution in [2.45, 2.75) is 58.1 Å². The summed E-state index contributed by atoms with van der Waals surface area (Å²) in [6.45, 7) is 4.10. The van der Waals surface area contributed by atoms with Gasteiger partial charge < -0.3 is 10.1 Å². The van der Waals surface area contributed by atoms with E-state index >= 15 is 0 Å². The quantitative estimate of drug-likeness (QED) is 0.816. The Kier molecular flexibility index (Phi) is 6.19. The third-order valence-corrected chi connectivity index (χ3v) is 4.17. The Bertz CT molecular complexity index is 510. The SMILES string of the molecule is CCC(C)Oc1ccc(C(=O)NC(=S)NC2CCCC2)cc1. The average molecular weight is 320 g/mol. The predicted molar refractivity (Wildman–Crippen MR) is 92.3 cm³/mol. The van der Waals surface area contributed by atoms with Gasteiger partial charge in [0.2, 0.25) is 0 Å². The lowest BCUT2D eigenvalue weighted by atomic mass is 10.2. The molecule has 1 saturated carbocycles. The Morgan fingerprint density at radius 2 is 1.95 bits per heavy atom. The first kappa shape index (κ1) is 16.7. The smallest absolute Gasteiger partial charge is 0.257 e. The first-order valence-electron chi connectivity index (χ1n) is 7.97. The van der Waals surface area contributed by atoms with Crippen molar-refractivity contribution in [3.05, 3.63) is 29.8 Å². The summed E-state index contributed by atoms with van der Waals surface area (Å²) in [5.41, 5.74) is 0.576. The molecule has 1 amide bonds. The highest BCUT2D eigenvalue weighted by atomic mass is 32.1. The summed E-state index contributed by atoms with van der Waals surface area (Å²) in [6.07, 6.45) is 5.82. The normalized spacial score (nSPS) is 16.1. The van der Waals surface area contributed by atoms with Crippen LogP contribution in [-0.4, -0.2) is 23.2 Å². The van der Waals surface area contributed by atoms with E-state index in [1.807, 2.05) is 19.1 Å². The zero-order chi connectivity index (χ0) is 15.9. The van der Waals surface area contributed by atoms with Crippen LogP contribution in [0.5, 0.6) is 5.75 Å². The van der Waals surface area contributed by atoms with Crippen LogP contribution < -0.4 is 15.4 Å². The first-order chi connectivity index (χ1) is 10.6. The van der Waals surface area contributed by atoms with Gasteiger partial charge in [0.15, 0.2) is 5.11 Å². The number of carbonyl (C=O) groups is 1. The lowest BCUT2D eigenvalue weighted by Crippen LogP contribution is -2.43. The fraction of sp³-hybridized carbons (Fsp3) is 0.529. The van der Waals surface area contributed by atoms with Crippen LogP contribution in [0, 0.1) is 0 Å². The molecule has 0 spiro atoms. The van der Waals surface area contributed by atoms with E-state index in [2.05, 4.69) is 17.6 Å². The third kappa shape index (κ3) is 4.98. The van der Waals surface area contributed by atoms with Gasteiger partial charge in [0.25, 0.3) is 5.91 Å². The van der Waals surface area contributed by atoms with Crippen molar-refractivity contribution in [1.82, 2.24) is 10.6 Å². The number of rotatable bonds is 5. The van der Waals surface area contributed by atoms with Crippen LogP contribution in [0.4, 0.5) is 0 Å². The number of ether oxygens (including phenoxy) is 1. The maximum atomic E-state index is 12.1. The molecule has 0 bridgehead atoms. The molecule has 0 aliphatic heterocycles. The van der Waals surface area contributed by atoms with Crippen molar-refractivity contribution < 1.29 is 9.53 Å². The van der Waals surface area contributed by atoms with Gasteiger partial charge in [-0.3, -0.25) is 10.1 Å². The van der Waals surface area contributed by atoms with E-state index < -0.39 is 0 Å². The summed E-state index contributed by atoms with van der Waals surface area (Å²) in [5.74, 6) is 0.586. The summed E-state index contributed by atoms with van der Waals surface area (Å²) < 4.78 is 5.70. The number of benzene rings is 1. The van der Waals surface area contributed by atoms with E-state index in [1.54, 1.807) is 12.1 Å². The van der Waals surface area contributed by atoms with Gasteiger partial charge in [-0.1, -0.05) is 19.8 Å². The maximum absolute atomic E-state index is 12.1. The van der Waals surface area contributed by atoms with E-state index in [4.69, 9.17) is 17.0 Å². The van der Waals surface area contributed by atoms with Crippen molar-refractivity contribution in [3.8, 4) is 5.75 Å². The number of hydrogen-bond acceptors (Lipinski definition) is 3. The van der Waals surface area contributed by atoms with Crippen LogP contribution >= 0.6 is 12.2 Å². The van der Waals surface area contributed by atoms with E-state index in [1.165, 1.54) is 12.8 Å². The highest BCUT2D eigenvalue weighted by molar-refractivity contribution is 7.80. The molecular formula is C17H24N2O2S. The highest BCUT2D eigenvalue weighted by Gasteiger charge is 2.16. The fourth-order valence-corrected chi connectivity index (χ4v) is 2.73. The molecule has 1 aliphatic rings. The largest absolute Gasteiger partial charge is 0.491 e. The minimum atomic E-state index is -0.189. The second-order valence-corrected chi connectivity index (χ2v) is 6.18. The minimum Gasteiger partial charge on any atom is -0.491 e. The molecule has 1 aromatic carbocycles. The number of amides is 1. The molecule has 0 aromatic heterocycles. The summed E-state index contributed by atoms with van der Waals surface area (Å²) >= 11 is 5.20. The van der Waals surface area contributed by atoms with Crippen molar-refractivity contribution >= 4 is 23.2 Å². The second kappa shape index (κ2) is 8.13. The lowest BCUT2D eigenvalue weighted by molar-refractivity contribution is 0.0976. The van der Waals surface area contributed by atoms with Gasteiger partial charge in [-0.25, -0.2) is 0 Å².